The second-order valence-corrected chi connectivity index (χ2v) is 5.11. The van der Waals surface area contributed by atoms with E-state index in [1.54, 1.807) is 24.0 Å². The third-order valence-corrected chi connectivity index (χ3v) is 3.56. The largest absolute Gasteiger partial charge is 0.465 e. The predicted octanol–water partition coefficient (Wildman–Crippen LogP) is 1.60. The van der Waals surface area contributed by atoms with Crippen molar-refractivity contribution >= 4 is 11.9 Å². The highest BCUT2D eigenvalue weighted by Gasteiger charge is 2.31. The van der Waals surface area contributed by atoms with Crippen molar-refractivity contribution in [3.05, 3.63) is 25.3 Å². The van der Waals surface area contributed by atoms with Crippen LogP contribution >= 0.6 is 0 Å². The summed E-state index contributed by atoms with van der Waals surface area (Å²) in [5.41, 5.74) is 0. The Morgan fingerprint density at radius 3 is 2.52 bits per heavy atom. The average molecular weight is 294 g/mol. The molecule has 1 heterocycles. The lowest BCUT2D eigenvalue weighted by molar-refractivity contribution is -0.152. The van der Waals surface area contributed by atoms with E-state index in [9.17, 15) is 9.59 Å². The van der Waals surface area contributed by atoms with E-state index >= 15 is 0 Å². The number of amides is 1. The summed E-state index contributed by atoms with van der Waals surface area (Å²) in [7, 11) is 0. The number of likely N-dealkylation sites (tertiary alicyclic amines) is 1. The maximum Gasteiger partial charge on any atom is 0.323 e. The molecule has 21 heavy (non-hydrogen) atoms. The van der Waals surface area contributed by atoms with Crippen molar-refractivity contribution in [3.8, 4) is 0 Å². The van der Waals surface area contributed by atoms with Crippen molar-refractivity contribution in [2.75, 3.05) is 32.8 Å². The summed E-state index contributed by atoms with van der Waals surface area (Å²) in [6.45, 7) is 11.5. The Morgan fingerprint density at radius 1 is 1.29 bits per heavy atom. The van der Waals surface area contributed by atoms with Gasteiger partial charge in [-0.05, 0) is 26.3 Å². The number of ether oxygens (including phenoxy) is 1. The highest BCUT2D eigenvalue weighted by atomic mass is 16.5. The molecule has 1 atom stereocenters. The van der Waals surface area contributed by atoms with E-state index < -0.39 is 0 Å². The molecule has 1 aliphatic heterocycles. The molecule has 118 valence electrons. The van der Waals surface area contributed by atoms with Crippen molar-refractivity contribution in [1.29, 1.82) is 0 Å². The van der Waals surface area contributed by atoms with Gasteiger partial charge in [0.15, 0.2) is 0 Å². The van der Waals surface area contributed by atoms with Gasteiger partial charge in [0, 0.05) is 13.1 Å². The number of rotatable bonds is 8. The van der Waals surface area contributed by atoms with E-state index in [2.05, 4.69) is 13.2 Å². The Hall–Kier alpha value is -1.62. The number of nitrogens with zero attached hydrogens (tertiary/aromatic N) is 2. The second-order valence-electron chi connectivity index (χ2n) is 5.11. The molecule has 1 saturated heterocycles. The van der Waals surface area contributed by atoms with E-state index in [1.807, 2.05) is 4.90 Å². The van der Waals surface area contributed by atoms with Gasteiger partial charge in [-0.15, -0.1) is 13.2 Å². The van der Waals surface area contributed by atoms with Crippen LogP contribution in [0.15, 0.2) is 25.3 Å². The number of esters is 1. The first kappa shape index (κ1) is 17.4. The molecule has 0 radical (unpaired) electrons. The molecule has 0 saturated carbocycles. The van der Waals surface area contributed by atoms with Gasteiger partial charge in [0.05, 0.1) is 13.2 Å². The van der Waals surface area contributed by atoms with Crippen LogP contribution in [-0.2, 0) is 14.3 Å². The highest BCUT2D eigenvalue weighted by molar-refractivity contribution is 5.81. The van der Waals surface area contributed by atoms with E-state index in [0.717, 1.165) is 25.8 Å². The van der Waals surface area contributed by atoms with Gasteiger partial charge in [-0.2, -0.15) is 0 Å². The van der Waals surface area contributed by atoms with Crippen LogP contribution in [0.4, 0.5) is 0 Å². The molecule has 0 aliphatic carbocycles. The number of carbonyl (C=O) groups excluding carboxylic acids is 2. The van der Waals surface area contributed by atoms with E-state index in [-0.39, 0.29) is 24.5 Å². The van der Waals surface area contributed by atoms with Gasteiger partial charge in [0.25, 0.3) is 0 Å². The fraction of sp³-hybridized carbons (Fsp3) is 0.625. The third kappa shape index (κ3) is 5.34. The fourth-order valence-electron chi connectivity index (χ4n) is 2.55. The molecule has 1 aliphatic rings. The fourth-order valence-corrected chi connectivity index (χ4v) is 2.55. The average Bonchev–Trinajstić information content (AvgIpc) is 2.47. The van der Waals surface area contributed by atoms with E-state index in [4.69, 9.17) is 4.74 Å². The molecule has 0 spiro atoms. The van der Waals surface area contributed by atoms with Crippen molar-refractivity contribution in [2.45, 2.75) is 32.2 Å². The number of hydrogen-bond donors (Lipinski definition) is 0. The molecule has 5 nitrogen and oxygen atoms in total. The van der Waals surface area contributed by atoms with Gasteiger partial charge in [-0.1, -0.05) is 18.6 Å². The number of carbonyl (C=O) groups is 2. The number of hydrogen-bond acceptors (Lipinski definition) is 4. The van der Waals surface area contributed by atoms with Crippen LogP contribution < -0.4 is 0 Å². The van der Waals surface area contributed by atoms with Crippen LogP contribution in [0.25, 0.3) is 0 Å². The monoisotopic (exact) mass is 294 g/mol. The summed E-state index contributed by atoms with van der Waals surface area (Å²) in [4.78, 5) is 28.0. The minimum atomic E-state index is -0.294. The first-order valence-corrected chi connectivity index (χ1v) is 7.54. The summed E-state index contributed by atoms with van der Waals surface area (Å²) in [5.74, 6) is -0.227. The lowest BCUT2D eigenvalue weighted by Gasteiger charge is -2.34. The van der Waals surface area contributed by atoms with Crippen molar-refractivity contribution in [2.24, 2.45) is 0 Å². The molecule has 5 heteroatoms. The van der Waals surface area contributed by atoms with Gasteiger partial charge in [-0.25, -0.2) is 0 Å². The van der Waals surface area contributed by atoms with Gasteiger partial charge in [0.1, 0.15) is 6.04 Å². The molecular weight excluding hydrogens is 268 g/mol. The standard InChI is InChI=1S/C16H26N2O3/c1-4-10-17(11-5-2)15(19)13-18-12-8-7-9-14(18)16(20)21-6-3/h4-5,14H,1-2,6-13H2,3H3. The topological polar surface area (TPSA) is 49.9 Å². The minimum absolute atomic E-state index is 0.00833. The normalized spacial score (nSPS) is 18.8. The molecule has 0 aromatic rings. The molecule has 1 fully saturated rings. The third-order valence-electron chi connectivity index (χ3n) is 3.56. The molecule has 0 aromatic heterocycles. The van der Waals surface area contributed by atoms with Crippen LogP contribution in [0.5, 0.6) is 0 Å². The van der Waals surface area contributed by atoms with Gasteiger partial charge in [-0.3, -0.25) is 14.5 Å². The molecule has 1 rings (SSSR count). The smallest absolute Gasteiger partial charge is 0.323 e. The molecule has 1 amide bonds. The summed E-state index contributed by atoms with van der Waals surface area (Å²) in [6.07, 6.45) is 6.15. The van der Waals surface area contributed by atoms with Crippen molar-refractivity contribution in [1.82, 2.24) is 9.80 Å². The van der Waals surface area contributed by atoms with Gasteiger partial charge < -0.3 is 9.64 Å². The first-order chi connectivity index (χ1) is 10.1. The number of piperidine rings is 1. The van der Waals surface area contributed by atoms with Gasteiger partial charge in [0.2, 0.25) is 5.91 Å². The zero-order valence-electron chi connectivity index (χ0n) is 12.9. The Kier molecular flexibility index (Phi) is 7.75. The van der Waals surface area contributed by atoms with Crippen LogP contribution in [0.1, 0.15) is 26.2 Å². The summed E-state index contributed by atoms with van der Waals surface area (Å²) < 4.78 is 5.11. The van der Waals surface area contributed by atoms with Crippen LogP contribution in [0, 0.1) is 0 Å². The molecule has 0 bridgehead atoms. The van der Waals surface area contributed by atoms with E-state index in [1.165, 1.54) is 0 Å². The Morgan fingerprint density at radius 2 is 1.95 bits per heavy atom. The van der Waals surface area contributed by atoms with E-state index in [0.29, 0.717) is 19.7 Å². The zero-order chi connectivity index (χ0) is 15.7. The highest BCUT2D eigenvalue weighted by Crippen LogP contribution is 2.18. The summed E-state index contributed by atoms with van der Waals surface area (Å²) in [6, 6.07) is -0.294. The molecule has 0 aromatic carbocycles. The quantitative estimate of drug-likeness (QED) is 0.504. The molecule has 1 unspecified atom stereocenters. The van der Waals surface area contributed by atoms with Crippen molar-refractivity contribution < 1.29 is 14.3 Å². The second kappa shape index (κ2) is 9.34. The van der Waals surface area contributed by atoms with Crippen LogP contribution in [-0.4, -0.2) is 60.5 Å². The maximum atomic E-state index is 12.4. The first-order valence-electron chi connectivity index (χ1n) is 7.54. The molecule has 0 N–H and O–H groups in total. The Balaban J connectivity index is 2.67. The lowest BCUT2D eigenvalue weighted by atomic mass is 10.0. The van der Waals surface area contributed by atoms with Gasteiger partial charge >= 0.3 is 5.97 Å². The lowest BCUT2D eigenvalue weighted by Crippen LogP contribution is -2.50. The SMILES string of the molecule is C=CCN(CC=C)C(=O)CN1CCCCC1C(=O)OCC. The van der Waals surface area contributed by atoms with Crippen LogP contribution in [0.2, 0.25) is 0 Å². The maximum absolute atomic E-state index is 12.4. The summed E-state index contributed by atoms with van der Waals surface area (Å²) >= 11 is 0. The Bertz CT molecular complexity index is 372. The Labute approximate surface area is 127 Å². The van der Waals surface area contributed by atoms with Crippen molar-refractivity contribution in [3.63, 3.8) is 0 Å². The van der Waals surface area contributed by atoms with Crippen LogP contribution in [0.3, 0.4) is 0 Å². The molecular formula is C16H26N2O3. The predicted molar refractivity (Wildman–Crippen MR) is 82.8 cm³/mol. The summed E-state index contributed by atoms with van der Waals surface area (Å²) in [5, 5.41) is 0. The zero-order valence-corrected chi connectivity index (χ0v) is 12.9. The minimum Gasteiger partial charge on any atom is -0.465 e.